The molecule has 2 rings (SSSR count). The third kappa shape index (κ3) is 4.23. The molecule has 0 radical (unpaired) electrons. The van der Waals surface area contributed by atoms with Gasteiger partial charge in [-0.2, -0.15) is 0 Å². The lowest BCUT2D eigenvalue weighted by Gasteiger charge is -2.27. The van der Waals surface area contributed by atoms with Crippen molar-refractivity contribution in [2.45, 2.75) is 26.9 Å². The van der Waals surface area contributed by atoms with Crippen LogP contribution >= 0.6 is 11.6 Å². The van der Waals surface area contributed by atoms with Gasteiger partial charge in [0, 0.05) is 19.6 Å². The van der Waals surface area contributed by atoms with Gasteiger partial charge in [-0.15, -0.1) is 0 Å². The SMILES string of the molecule is CCNCc1cccc(Cl)c1N(CC)Cc1ccccc1. The van der Waals surface area contributed by atoms with E-state index < -0.39 is 0 Å². The van der Waals surface area contributed by atoms with E-state index in [0.717, 1.165) is 36.9 Å². The molecular formula is C18H23ClN2. The molecule has 0 saturated carbocycles. The first-order valence-electron chi connectivity index (χ1n) is 7.53. The number of anilines is 1. The number of benzene rings is 2. The third-order valence-corrected chi connectivity index (χ3v) is 3.86. The van der Waals surface area contributed by atoms with E-state index in [4.69, 9.17) is 11.6 Å². The average molecular weight is 303 g/mol. The van der Waals surface area contributed by atoms with Crippen LogP contribution < -0.4 is 10.2 Å². The highest BCUT2D eigenvalue weighted by Crippen LogP contribution is 2.31. The molecule has 2 nitrogen and oxygen atoms in total. The van der Waals surface area contributed by atoms with Gasteiger partial charge in [0.15, 0.2) is 0 Å². The maximum atomic E-state index is 6.48. The van der Waals surface area contributed by atoms with Gasteiger partial charge in [0.05, 0.1) is 10.7 Å². The normalized spacial score (nSPS) is 10.6. The topological polar surface area (TPSA) is 15.3 Å². The first-order valence-corrected chi connectivity index (χ1v) is 7.91. The lowest BCUT2D eigenvalue weighted by molar-refractivity contribution is 0.719. The molecule has 0 atom stereocenters. The molecule has 0 aromatic heterocycles. The highest BCUT2D eigenvalue weighted by molar-refractivity contribution is 6.33. The summed E-state index contributed by atoms with van der Waals surface area (Å²) in [6, 6.07) is 16.7. The molecule has 0 spiro atoms. The predicted molar refractivity (Wildman–Crippen MR) is 92.0 cm³/mol. The molecule has 0 aliphatic heterocycles. The van der Waals surface area contributed by atoms with Crippen LogP contribution in [0.5, 0.6) is 0 Å². The molecule has 0 amide bonds. The zero-order valence-electron chi connectivity index (χ0n) is 12.8. The smallest absolute Gasteiger partial charge is 0.0643 e. The maximum absolute atomic E-state index is 6.48. The molecule has 0 aliphatic carbocycles. The van der Waals surface area contributed by atoms with Gasteiger partial charge in [-0.3, -0.25) is 0 Å². The van der Waals surface area contributed by atoms with E-state index in [0.29, 0.717) is 0 Å². The molecule has 0 fully saturated rings. The molecule has 112 valence electrons. The maximum Gasteiger partial charge on any atom is 0.0643 e. The Hall–Kier alpha value is -1.51. The standard InChI is InChI=1S/C18H23ClN2/c1-3-20-13-16-11-8-12-17(19)18(16)21(4-2)14-15-9-6-5-7-10-15/h5-12,20H,3-4,13-14H2,1-2H3. The van der Waals surface area contributed by atoms with Crippen molar-refractivity contribution in [3.8, 4) is 0 Å². The number of rotatable bonds is 7. The summed E-state index contributed by atoms with van der Waals surface area (Å²) in [6.45, 7) is 7.89. The summed E-state index contributed by atoms with van der Waals surface area (Å²) < 4.78 is 0. The Morgan fingerprint density at radius 2 is 1.76 bits per heavy atom. The van der Waals surface area contributed by atoms with Gasteiger partial charge < -0.3 is 10.2 Å². The molecule has 0 aliphatic rings. The molecule has 0 bridgehead atoms. The van der Waals surface area contributed by atoms with Crippen molar-refractivity contribution >= 4 is 17.3 Å². The molecular weight excluding hydrogens is 280 g/mol. The van der Waals surface area contributed by atoms with Crippen LogP contribution in [0.15, 0.2) is 48.5 Å². The molecule has 3 heteroatoms. The highest BCUT2D eigenvalue weighted by Gasteiger charge is 2.13. The van der Waals surface area contributed by atoms with Gasteiger partial charge >= 0.3 is 0 Å². The fourth-order valence-corrected chi connectivity index (χ4v) is 2.78. The number of para-hydroxylation sites is 1. The molecule has 2 aromatic carbocycles. The Morgan fingerprint density at radius 3 is 2.43 bits per heavy atom. The lowest BCUT2D eigenvalue weighted by Crippen LogP contribution is -2.25. The Labute approximate surface area is 132 Å². The number of hydrogen-bond acceptors (Lipinski definition) is 2. The summed E-state index contributed by atoms with van der Waals surface area (Å²) in [5.74, 6) is 0. The summed E-state index contributed by atoms with van der Waals surface area (Å²) in [7, 11) is 0. The van der Waals surface area contributed by atoms with Crippen LogP contribution in [0.4, 0.5) is 5.69 Å². The van der Waals surface area contributed by atoms with Crippen LogP contribution in [-0.4, -0.2) is 13.1 Å². The predicted octanol–water partition coefficient (Wildman–Crippen LogP) is 4.48. The summed E-state index contributed by atoms with van der Waals surface area (Å²) >= 11 is 6.48. The summed E-state index contributed by atoms with van der Waals surface area (Å²) in [6.07, 6.45) is 0. The summed E-state index contributed by atoms with van der Waals surface area (Å²) in [4.78, 5) is 2.34. The van der Waals surface area contributed by atoms with Gasteiger partial charge in [0.25, 0.3) is 0 Å². The first-order chi connectivity index (χ1) is 10.3. The van der Waals surface area contributed by atoms with Crippen LogP contribution in [0.25, 0.3) is 0 Å². The van der Waals surface area contributed by atoms with Crippen molar-refractivity contribution in [3.63, 3.8) is 0 Å². The van der Waals surface area contributed by atoms with E-state index in [1.165, 1.54) is 11.1 Å². The quantitative estimate of drug-likeness (QED) is 0.811. The van der Waals surface area contributed by atoms with E-state index in [-0.39, 0.29) is 0 Å². The zero-order valence-corrected chi connectivity index (χ0v) is 13.5. The van der Waals surface area contributed by atoms with E-state index >= 15 is 0 Å². The first kappa shape index (κ1) is 15.9. The van der Waals surface area contributed by atoms with Gasteiger partial charge in [-0.25, -0.2) is 0 Å². The van der Waals surface area contributed by atoms with Crippen LogP contribution in [-0.2, 0) is 13.1 Å². The van der Waals surface area contributed by atoms with Crippen molar-refractivity contribution in [3.05, 3.63) is 64.7 Å². The highest BCUT2D eigenvalue weighted by atomic mass is 35.5. The second-order valence-corrected chi connectivity index (χ2v) is 5.43. The van der Waals surface area contributed by atoms with Crippen molar-refractivity contribution in [2.75, 3.05) is 18.0 Å². The van der Waals surface area contributed by atoms with Gasteiger partial charge in [-0.05, 0) is 30.7 Å². The molecule has 21 heavy (non-hydrogen) atoms. The van der Waals surface area contributed by atoms with Crippen LogP contribution in [0.2, 0.25) is 5.02 Å². The monoisotopic (exact) mass is 302 g/mol. The molecule has 1 N–H and O–H groups in total. The number of nitrogens with one attached hydrogen (secondary N) is 1. The summed E-state index contributed by atoms with van der Waals surface area (Å²) in [5, 5.41) is 4.21. The van der Waals surface area contributed by atoms with E-state index in [9.17, 15) is 0 Å². The lowest BCUT2D eigenvalue weighted by atomic mass is 10.1. The van der Waals surface area contributed by atoms with E-state index in [1.54, 1.807) is 0 Å². The Balaban J connectivity index is 2.28. The minimum Gasteiger partial charge on any atom is -0.366 e. The van der Waals surface area contributed by atoms with Crippen molar-refractivity contribution in [1.29, 1.82) is 0 Å². The Bertz CT molecular complexity index is 554. The number of nitrogens with zero attached hydrogens (tertiary/aromatic N) is 1. The van der Waals surface area contributed by atoms with Crippen LogP contribution in [0.3, 0.4) is 0 Å². The van der Waals surface area contributed by atoms with E-state index in [2.05, 4.69) is 54.4 Å². The third-order valence-electron chi connectivity index (χ3n) is 3.55. The molecule has 2 aromatic rings. The zero-order chi connectivity index (χ0) is 15.1. The fraction of sp³-hybridized carbons (Fsp3) is 0.333. The minimum absolute atomic E-state index is 0.822. The number of halogens is 1. The molecule has 0 unspecified atom stereocenters. The van der Waals surface area contributed by atoms with E-state index in [1.807, 2.05) is 18.2 Å². The minimum atomic E-state index is 0.822. The molecule has 0 heterocycles. The van der Waals surface area contributed by atoms with Crippen molar-refractivity contribution in [2.24, 2.45) is 0 Å². The Morgan fingerprint density at radius 1 is 1.00 bits per heavy atom. The van der Waals surface area contributed by atoms with Gasteiger partial charge in [0.1, 0.15) is 0 Å². The van der Waals surface area contributed by atoms with Gasteiger partial charge in [-0.1, -0.05) is 61.0 Å². The van der Waals surface area contributed by atoms with Crippen LogP contribution in [0.1, 0.15) is 25.0 Å². The second-order valence-electron chi connectivity index (χ2n) is 5.03. The second kappa shape index (κ2) is 8.06. The largest absolute Gasteiger partial charge is 0.366 e. The fourth-order valence-electron chi connectivity index (χ4n) is 2.47. The average Bonchev–Trinajstić information content (AvgIpc) is 2.52. The number of hydrogen-bond donors (Lipinski definition) is 1. The van der Waals surface area contributed by atoms with Crippen molar-refractivity contribution in [1.82, 2.24) is 5.32 Å². The van der Waals surface area contributed by atoms with Gasteiger partial charge in [0.2, 0.25) is 0 Å². The van der Waals surface area contributed by atoms with Crippen molar-refractivity contribution < 1.29 is 0 Å². The van der Waals surface area contributed by atoms with Crippen LogP contribution in [0, 0.1) is 0 Å². The Kier molecular flexibility index (Phi) is 6.09. The molecule has 0 saturated heterocycles. The summed E-state index contributed by atoms with van der Waals surface area (Å²) in [5.41, 5.74) is 3.70.